The number of hydrogen-bond acceptors (Lipinski definition) is 4. The highest BCUT2D eigenvalue weighted by Crippen LogP contribution is 2.27. The summed E-state index contributed by atoms with van der Waals surface area (Å²) < 4.78 is 24.8. The molecule has 0 atom stereocenters. The number of carbonyl (C=O) groups is 1. The van der Waals surface area contributed by atoms with Gasteiger partial charge in [-0.05, 0) is 56.1 Å². The number of carbonyl (C=O) groups excluding carboxylic acids is 1. The zero-order valence-electron chi connectivity index (χ0n) is 10.4. The first-order valence-corrected chi connectivity index (χ1v) is 7.15. The Bertz CT molecular complexity index is 623. The average molecular weight is 407 g/mol. The Morgan fingerprint density at radius 2 is 2.15 bits per heavy atom. The largest absolute Gasteiger partial charge is 0.465 e. The summed E-state index contributed by atoms with van der Waals surface area (Å²) >= 11 is 6.55. The third-order valence-corrected chi connectivity index (χ3v) is 4.24. The molecule has 2 aromatic rings. The van der Waals surface area contributed by atoms with Gasteiger partial charge in [-0.25, -0.2) is 9.18 Å². The van der Waals surface area contributed by atoms with Gasteiger partial charge in [-0.15, -0.1) is 0 Å². The summed E-state index contributed by atoms with van der Waals surface area (Å²) in [6.07, 6.45) is 0. The van der Waals surface area contributed by atoms with E-state index in [0.717, 1.165) is 4.47 Å². The molecule has 0 spiro atoms. The Morgan fingerprint density at radius 3 is 2.75 bits per heavy atom. The van der Waals surface area contributed by atoms with Gasteiger partial charge in [0.2, 0.25) is 0 Å². The molecule has 7 heteroatoms. The summed E-state index contributed by atoms with van der Waals surface area (Å²) in [4.78, 5) is 11.4. The van der Waals surface area contributed by atoms with Crippen LogP contribution in [0.25, 0.3) is 0 Å². The summed E-state index contributed by atoms with van der Waals surface area (Å²) in [5, 5.41) is 3.04. The topological polar surface area (TPSA) is 51.5 Å². The monoisotopic (exact) mass is 405 g/mol. The molecule has 20 heavy (non-hydrogen) atoms. The first-order valence-electron chi connectivity index (χ1n) is 5.56. The second kappa shape index (κ2) is 6.41. The third kappa shape index (κ3) is 3.40. The number of hydrogen-bond donors (Lipinski definition) is 1. The molecule has 0 saturated heterocycles. The number of benzene rings is 1. The lowest BCUT2D eigenvalue weighted by Crippen LogP contribution is -2.06. The average Bonchev–Trinajstić information content (AvgIpc) is 2.76. The highest BCUT2D eigenvalue weighted by molar-refractivity contribution is 9.13. The van der Waals surface area contributed by atoms with Gasteiger partial charge in [0, 0.05) is 5.69 Å². The SMILES string of the molecule is COC(=O)c1cc(NCc2cc(Br)c(Br)o2)ccc1F. The van der Waals surface area contributed by atoms with Crippen molar-refractivity contribution in [3.63, 3.8) is 0 Å². The number of anilines is 1. The van der Waals surface area contributed by atoms with E-state index in [-0.39, 0.29) is 5.56 Å². The second-order valence-electron chi connectivity index (χ2n) is 3.87. The molecule has 0 unspecified atom stereocenters. The van der Waals surface area contributed by atoms with E-state index in [1.165, 1.54) is 25.3 Å². The summed E-state index contributed by atoms with van der Waals surface area (Å²) in [7, 11) is 1.21. The van der Waals surface area contributed by atoms with Gasteiger partial charge < -0.3 is 14.5 Å². The van der Waals surface area contributed by atoms with Crippen LogP contribution in [-0.4, -0.2) is 13.1 Å². The minimum Gasteiger partial charge on any atom is -0.465 e. The van der Waals surface area contributed by atoms with E-state index < -0.39 is 11.8 Å². The van der Waals surface area contributed by atoms with Crippen LogP contribution in [0.1, 0.15) is 16.1 Å². The van der Waals surface area contributed by atoms with Crippen LogP contribution in [0.15, 0.2) is 37.8 Å². The summed E-state index contributed by atoms with van der Waals surface area (Å²) in [6.45, 7) is 0.399. The van der Waals surface area contributed by atoms with E-state index in [2.05, 4.69) is 41.9 Å². The molecule has 0 saturated carbocycles. The van der Waals surface area contributed by atoms with Gasteiger partial charge in [0.05, 0.1) is 23.7 Å². The Labute approximate surface area is 131 Å². The molecule has 4 nitrogen and oxygen atoms in total. The number of ether oxygens (including phenoxy) is 1. The van der Waals surface area contributed by atoms with E-state index in [1.54, 1.807) is 0 Å². The molecule has 2 rings (SSSR count). The van der Waals surface area contributed by atoms with E-state index in [0.29, 0.717) is 22.7 Å². The van der Waals surface area contributed by atoms with E-state index >= 15 is 0 Å². The molecule has 0 aliphatic carbocycles. The molecular weight excluding hydrogens is 397 g/mol. The van der Waals surface area contributed by atoms with Crippen LogP contribution in [0.5, 0.6) is 0 Å². The Balaban J connectivity index is 2.12. The van der Waals surface area contributed by atoms with E-state index in [9.17, 15) is 9.18 Å². The van der Waals surface area contributed by atoms with Gasteiger partial charge in [0.25, 0.3) is 0 Å². The molecule has 0 amide bonds. The van der Waals surface area contributed by atoms with Gasteiger partial charge in [-0.3, -0.25) is 0 Å². The number of nitrogens with one attached hydrogen (secondary N) is 1. The van der Waals surface area contributed by atoms with Crippen LogP contribution in [0, 0.1) is 5.82 Å². The van der Waals surface area contributed by atoms with Crippen molar-refractivity contribution in [2.75, 3.05) is 12.4 Å². The van der Waals surface area contributed by atoms with Crippen molar-refractivity contribution >= 4 is 43.5 Å². The number of esters is 1. The first kappa shape index (κ1) is 15.1. The smallest absolute Gasteiger partial charge is 0.340 e. The van der Waals surface area contributed by atoms with Gasteiger partial charge >= 0.3 is 5.97 Å². The second-order valence-corrected chi connectivity index (χ2v) is 5.45. The van der Waals surface area contributed by atoms with Crippen molar-refractivity contribution in [3.8, 4) is 0 Å². The van der Waals surface area contributed by atoms with Crippen molar-refractivity contribution < 1.29 is 18.3 Å². The lowest BCUT2D eigenvalue weighted by Gasteiger charge is -2.07. The Kier molecular flexibility index (Phi) is 4.82. The molecule has 0 bridgehead atoms. The molecule has 0 radical (unpaired) electrons. The zero-order valence-corrected chi connectivity index (χ0v) is 13.5. The third-order valence-electron chi connectivity index (χ3n) is 2.53. The zero-order chi connectivity index (χ0) is 14.7. The molecule has 1 N–H and O–H groups in total. The molecular formula is C13H10Br2FNO3. The molecule has 0 fully saturated rings. The highest BCUT2D eigenvalue weighted by atomic mass is 79.9. The van der Waals surface area contributed by atoms with Crippen molar-refractivity contribution in [2.45, 2.75) is 6.54 Å². The van der Waals surface area contributed by atoms with Crippen LogP contribution in [0.2, 0.25) is 0 Å². The van der Waals surface area contributed by atoms with Crippen LogP contribution < -0.4 is 5.32 Å². The summed E-state index contributed by atoms with van der Waals surface area (Å²) in [5.41, 5.74) is 0.481. The molecule has 106 valence electrons. The predicted molar refractivity (Wildman–Crippen MR) is 79.2 cm³/mol. The van der Waals surface area contributed by atoms with Crippen molar-refractivity contribution in [2.24, 2.45) is 0 Å². The number of furan rings is 1. The quantitative estimate of drug-likeness (QED) is 0.767. The van der Waals surface area contributed by atoms with Gasteiger partial charge in [0.15, 0.2) is 4.67 Å². The van der Waals surface area contributed by atoms with Gasteiger partial charge in [-0.1, -0.05) is 0 Å². The van der Waals surface area contributed by atoms with E-state index in [4.69, 9.17) is 4.42 Å². The lowest BCUT2D eigenvalue weighted by molar-refractivity contribution is 0.0595. The number of methoxy groups -OCH3 is 1. The lowest BCUT2D eigenvalue weighted by atomic mass is 10.2. The maximum Gasteiger partial charge on any atom is 0.340 e. The fourth-order valence-corrected chi connectivity index (χ4v) is 2.23. The van der Waals surface area contributed by atoms with Gasteiger partial charge in [0.1, 0.15) is 11.6 Å². The molecule has 0 aliphatic rings. The molecule has 1 aromatic carbocycles. The maximum absolute atomic E-state index is 13.5. The van der Waals surface area contributed by atoms with Crippen molar-refractivity contribution in [1.82, 2.24) is 0 Å². The highest BCUT2D eigenvalue weighted by Gasteiger charge is 2.13. The molecule has 1 heterocycles. The van der Waals surface area contributed by atoms with Crippen molar-refractivity contribution in [1.29, 1.82) is 0 Å². The van der Waals surface area contributed by atoms with Gasteiger partial charge in [-0.2, -0.15) is 0 Å². The Hall–Kier alpha value is -1.34. The van der Waals surface area contributed by atoms with E-state index in [1.807, 2.05) is 6.07 Å². The Morgan fingerprint density at radius 1 is 1.40 bits per heavy atom. The van der Waals surface area contributed by atoms with Crippen LogP contribution in [-0.2, 0) is 11.3 Å². The van der Waals surface area contributed by atoms with Crippen LogP contribution >= 0.6 is 31.9 Å². The fourth-order valence-electron chi connectivity index (χ4n) is 1.57. The van der Waals surface area contributed by atoms with Crippen LogP contribution in [0.4, 0.5) is 10.1 Å². The minimum absolute atomic E-state index is 0.112. The standard InChI is InChI=1S/C13H10Br2FNO3/c1-19-13(18)9-4-7(2-3-11(9)16)17-6-8-5-10(14)12(15)20-8/h2-5,17H,6H2,1H3. The van der Waals surface area contributed by atoms with Crippen LogP contribution in [0.3, 0.4) is 0 Å². The summed E-state index contributed by atoms with van der Waals surface area (Å²) in [5.74, 6) is -0.645. The number of halogens is 3. The normalized spacial score (nSPS) is 10.4. The van der Waals surface area contributed by atoms with Crippen molar-refractivity contribution in [3.05, 3.63) is 50.5 Å². The maximum atomic E-state index is 13.5. The minimum atomic E-state index is -0.713. The fraction of sp³-hybridized carbons (Fsp3) is 0.154. The predicted octanol–water partition coefficient (Wildman–Crippen LogP) is 4.34. The summed E-state index contributed by atoms with van der Waals surface area (Å²) in [6, 6.07) is 5.95. The molecule has 1 aromatic heterocycles. The molecule has 0 aliphatic heterocycles. The first-order chi connectivity index (χ1) is 9.51. The number of rotatable bonds is 4.